The van der Waals surface area contributed by atoms with Crippen LogP contribution in [0.5, 0.6) is 0 Å². The Bertz CT molecular complexity index is 448. The SMILES string of the molecule is CN1CCN(Cc2ccccc2)[C@@]2(CNC2=O)C1. The van der Waals surface area contributed by atoms with Crippen LogP contribution in [0.15, 0.2) is 30.3 Å². The summed E-state index contributed by atoms with van der Waals surface area (Å²) in [7, 11) is 2.09. The molecule has 3 rings (SSSR count). The van der Waals surface area contributed by atoms with Gasteiger partial charge in [-0.2, -0.15) is 0 Å². The molecular weight excluding hydrogens is 226 g/mol. The van der Waals surface area contributed by atoms with Crippen molar-refractivity contribution in [2.45, 2.75) is 12.1 Å². The van der Waals surface area contributed by atoms with Crippen LogP contribution in [-0.2, 0) is 11.3 Å². The first-order chi connectivity index (χ1) is 8.71. The number of nitrogens with zero attached hydrogens (tertiary/aromatic N) is 2. The van der Waals surface area contributed by atoms with Crippen molar-refractivity contribution in [3.63, 3.8) is 0 Å². The first-order valence-corrected chi connectivity index (χ1v) is 6.46. The predicted molar refractivity (Wildman–Crippen MR) is 70.1 cm³/mol. The molecule has 2 aliphatic rings. The molecule has 96 valence electrons. The molecule has 2 heterocycles. The van der Waals surface area contributed by atoms with Crippen molar-refractivity contribution in [3.05, 3.63) is 35.9 Å². The van der Waals surface area contributed by atoms with Crippen molar-refractivity contribution >= 4 is 5.91 Å². The van der Waals surface area contributed by atoms with Gasteiger partial charge in [0.05, 0.1) is 0 Å². The van der Waals surface area contributed by atoms with Crippen LogP contribution in [0.2, 0.25) is 0 Å². The highest BCUT2D eigenvalue weighted by Crippen LogP contribution is 2.28. The smallest absolute Gasteiger partial charge is 0.243 e. The maximum atomic E-state index is 12.0. The van der Waals surface area contributed by atoms with Crippen LogP contribution in [0.25, 0.3) is 0 Å². The normalized spacial score (nSPS) is 29.1. The third kappa shape index (κ3) is 1.82. The number of piperazine rings is 1. The molecule has 4 heteroatoms. The van der Waals surface area contributed by atoms with Gasteiger partial charge in [-0.15, -0.1) is 0 Å². The molecular formula is C14H19N3O. The largest absolute Gasteiger partial charge is 0.352 e. The molecule has 0 aliphatic carbocycles. The quantitative estimate of drug-likeness (QED) is 0.761. The van der Waals surface area contributed by atoms with E-state index in [9.17, 15) is 4.79 Å². The van der Waals surface area contributed by atoms with Crippen LogP contribution < -0.4 is 5.32 Å². The number of hydrogen-bond acceptors (Lipinski definition) is 3. The molecule has 0 bridgehead atoms. The van der Waals surface area contributed by atoms with Gasteiger partial charge in [-0.3, -0.25) is 9.69 Å². The van der Waals surface area contributed by atoms with E-state index in [0.717, 1.165) is 32.7 Å². The number of likely N-dealkylation sites (N-methyl/N-ethyl adjacent to an activating group) is 1. The number of hydrogen-bond donors (Lipinski definition) is 1. The van der Waals surface area contributed by atoms with Gasteiger partial charge in [0.2, 0.25) is 5.91 Å². The minimum Gasteiger partial charge on any atom is -0.352 e. The summed E-state index contributed by atoms with van der Waals surface area (Å²) in [6, 6.07) is 10.4. The second-order valence-corrected chi connectivity index (χ2v) is 5.36. The predicted octanol–water partition coefficient (Wildman–Crippen LogP) is 0.303. The van der Waals surface area contributed by atoms with Gasteiger partial charge in [-0.25, -0.2) is 0 Å². The summed E-state index contributed by atoms with van der Waals surface area (Å²) in [6.45, 7) is 4.47. The van der Waals surface area contributed by atoms with Gasteiger partial charge in [0.1, 0.15) is 5.54 Å². The third-order valence-electron chi connectivity index (χ3n) is 4.07. The number of carbonyl (C=O) groups is 1. The summed E-state index contributed by atoms with van der Waals surface area (Å²) in [5.41, 5.74) is 0.990. The zero-order valence-corrected chi connectivity index (χ0v) is 10.7. The fourth-order valence-corrected chi connectivity index (χ4v) is 2.91. The number of benzene rings is 1. The average Bonchev–Trinajstić information content (AvgIpc) is 2.40. The van der Waals surface area contributed by atoms with Gasteiger partial charge in [-0.1, -0.05) is 30.3 Å². The zero-order valence-electron chi connectivity index (χ0n) is 10.7. The van der Waals surface area contributed by atoms with Crippen LogP contribution in [0.4, 0.5) is 0 Å². The second kappa shape index (κ2) is 4.37. The summed E-state index contributed by atoms with van der Waals surface area (Å²) in [4.78, 5) is 16.6. The van der Waals surface area contributed by atoms with Crippen LogP contribution >= 0.6 is 0 Å². The van der Waals surface area contributed by atoms with Crippen molar-refractivity contribution in [2.24, 2.45) is 0 Å². The van der Waals surface area contributed by atoms with Crippen LogP contribution in [0.1, 0.15) is 5.56 Å². The Kier molecular flexibility index (Phi) is 2.84. The number of β-lactam (4-membered cyclic amide) rings is 1. The number of amides is 1. The Labute approximate surface area is 108 Å². The zero-order chi connectivity index (χ0) is 12.6. The van der Waals surface area contributed by atoms with Crippen LogP contribution in [0.3, 0.4) is 0 Å². The lowest BCUT2D eigenvalue weighted by Crippen LogP contribution is -2.78. The van der Waals surface area contributed by atoms with Crippen LogP contribution in [-0.4, -0.2) is 54.5 Å². The van der Waals surface area contributed by atoms with Gasteiger partial charge in [0.15, 0.2) is 0 Å². The minimum absolute atomic E-state index is 0.185. The molecule has 1 aromatic rings. The molecule has 1 atom stereocenters. The molecule has 2 fully saturated rings. The van der Waals surface area contributed by atoms with E-state index in [0.29, 0.717) is 0 Å². The second-order valence-electron chi connectivity index (χ2n) is 5.36. The van der Waals surface area contributed by atoms with Gasteiger partial charge in [0, 0.05) is 32.7 Å². The van der Waals surface area contributed by atoms with Crippen molar-refractivity contribution in [2.75, 3.05) is 33.2 Å². The van der Waals surface area contributed by atoms with E-state index in [4.69, 9.17) is 0 Å². The third-order valence-corrected chi connectivity index (χ3v) is 4.07. The summed E-state index contributed by atoms with van der Waals surface area (Å²) in [5, 5.41) is 2.90. The Balaban J connectivity index is 1.80. The van der Waals surface area contributed by atoms with Crippen molar-refractivity contribution in [1.29, 1.82) is 0 Å². The van der Waals surface area contributed by atoms with Gasteiger partial charge in [0.25, 0.3) is 0 Å². The molecule has 18 heavy (non-hydrogen) atoms. The van der Waals surface area contributed by atoms with E-state index in [1.165, 1.54) is 5.56 Å². The molecule has 2 aliphatic heterocycles. The lowest BCUT2D eigenvalue weighted by Gasteiger charge is -2.53. The highest BCUT2D eigenvalue weighted by atomic mass is 16.2. The van der Waals surface area contributed by atoms with E-state index >= 15 is 0 Å². The molecule has 0 saturated carbocycles. The van der Waals surface area contributed by atoms with Gasteiger partial charge in [-0.05, 0) is 12.6 Å². The first kappa shape index (κ1) is 11.7. The average molecular weight is 245 g/mol. The summed E-state index contributed by atoms with van der Waals surface area (Å²) in [5.74, 6) is 0.185. The maximum absolute atomic E-state index is 12.0. The van der Waals surface area contributed by atoms with E-state index in [-0.39, 0.29) is 11.4 Å². The van der Waals surface area contributed by atoms with E-state index in [2.05, 4.69) is 46.4 Å². The first-order valence-electron chi connectivity index (χ1n) is 6.46. The number of nitrogens with one attached hydrogen (secondary N) is 1. The topological polar surface area (TPSA) is 35.6 Å². The Hall–Kier alpha value is -1.39. The van der Waals surface area contributed by atoms with E-state index in [1.54, 1.807) is 0 Å². The molecule has 2 saturated heterocycles. The molecule has 0 radical (unpaired) electrons. The molecule has 0 unspecified atom stereocenters. The van der Waals surface area contributed by atoms with Crippen molar-refractivity contribution in [1.82, 2.24) is 15.1 Å². The summed E-state index contributed by atoms with van der Waals surface area (Å²) >= 11 is 0. The highest BCUT2D eigenvalue weighted by molar-refractivity contribution is 5.93. The molecule has 1 amide bonds. The van der Waals surface area contributed by atoms with Crippen molar-refractivity contribution < 1.29 is 4.79 Å². The van der Waals surface area contributed by atoms with E-state index < -0.39 is 0 Å². The molecule has 1 aromatic carbocycles. The van der Waals surface area contributed by atoms with E-state index in [1.807, 2.05) is 6.07 Å². The fourth-order valence-electron chi connectivity index (χ4n) is 2.91. The van der Waals surface area contributed by atoms with Crippen molar-refractivity contribution in [3.8, 4) is 0 Å². The summed E-state index contributed by atoms with van der Waals surface area (Å²) in [6.07, 6.45) is 0. The highest BCUT2D eigenvalue weighted by Gasteiger charge is 2.53. The maximum Gasteiger partial charge on any atom is 0.243 e. The Morgan fingerprint density at radius 1 is 1.28 bits per heavy atom. The molecule has 0 aromatic heterocycles. The van der Waals surface area contributed by atoms with Gasteiger partial charge >= 0.3 is 0 Å². The van der Waals surface area contributed by atoms with Crippen LogP contribution in [0, 0.1) is 0 Å². The monoisotopic (exact) mass is 245 g/mol. The Morgan fingerprint density at radius 2 is 2.06 bits per heavy atom. The molecule has 1 N–H and O–H groups in total. The lowest BCUT2D eigenvalue weighted by atomic mass is 9.86. The molecule has 1 spiro atoms. The van der Waals surface area contributed by atoms with Gasteiger partial charge < -0.3 is 10.2 Å². The minimum atomic E-state index is -0.289. The molecule has 4 nitrogen and oxygen atoms in total. The number of carbonyl (C=O) groups excluding carboxylic acids is 1. The fraction of sp³-hybridized carbons (Fsp3) is 0.500. The summed E-state index contributed by atoms with van der Waals surface area (Å²) < 4.78 is 0. The lowest BCUT2D eigenvalue weighted by molar-refractivity contribution is -0.150. The number of rotatable bonds is 2. The Morgan fingerprint density at radius 3 is 2.67 bits per heavy atom. The standard InChI is InChI=1S/C14H19N3O/c1-16-7-8-17(9-12-5-3-2-4-6-12)14(11-16)10-15-13(14)18/h2-6H,7-11H2,1H3,(H,15,18)/t14-/m0/s1.